The third kappa shape index (κ3) is 2.69. The molecule has 0 saturated heterocycles. The Hall–Kier alpha value is -2.14. The highest BCUT2D eigenvalue weighted by Crippen LogP contribution is 2.31. The summed E-state index contributed by atoms with van der Waals surface area (Å²) in [7, 11) is 1.68. The largest absolute Gasteiger partial charge is 0.496 e. The fourth-order valence-electron chi connectivity index (χ4n) is 2.31. The zero-order chi connectivity index (χ0) is 14.8. The van der Waals surface area contributed by atoms with E-state index >= 15 is 0 Å². The van der Waals surface area contributed by atoms with Crippen LogP contribution in [0, 0.1) is 6.92 Å². The highest BCUT2D eigenvalue weighted by Gasteiger charge is 2.12. The van der Waals surface area contributed by atoms with E-state index in [4.69, 9.17) is 4.74 Å². The fraction of sp³-hybridized carbons (Fsp3) is 0.250. The van der Waals surface area contributed by atoms with Gasteiger partial charge in [-0.15, -0.1) is 11.3 Å². The zero-order valence-corrected chi connectivity index (χ0v) is 13.1. The molecule has 0 saturated carbocycles. The molecular weight excluding hydrogens is 282 g/mol. The first-order valence-corrected chi connectivity index (χ1v) is 7.61. The summed E-state index contributed by atoms with van der Waals surface area (Å²) in [6, 6.07) is 8.07. The summed E-state index contributed by atoms with van der Waals surface area (Å²) >= 11 is 1.70. The van der Waals surface area contributed by atoms with Crippen molar-refractivity contribution in [1.29, 1.82) is 0 Å². The van der Waals surface area contributed by atoms with Crippen molar-refractivity contribution in [3.8, 4) is 5.75 Å². The van der Waals surface area contributed by atoms with E-state index in [-0.39, 0.29) is 6.04 Å². The van der Waals surface area contributed by atoms with Gasteiger partial charge in [0.25, 0.3) is 0 Å². The summed E-state index contributed by atoms with van der Waals surface area (Å²) in [5.41, 5.74) is 0. The van der Waals surface area contributed by atoms with Crippen LogP contribution >= 0.6 is 11.3 Å². The van der Waals surface area contributed by atoms with Gasteiger partial charge in [0.05, 0.1) is 13.2 Å². The Bertz CT molecular complexity index is 769. The normalized spacial score (nSPS) is 12.3. The van der Waals surface area contributed by atoms with Gasteiger partial charge in [0.1, 0.15) is 16.6 Å². The third-order valence-corrected chi connectivity index (χ3v) is 4.44. The smallest absolute Gasteiger partial charge is 0.134 e. The molecule has 4 nitrogen and oxygen atoms in total. The zero-order valence-electron chi connectivity index (χ0n) is 12.3. The number of hydrogen-bond donors (Lipinski definition) is 1. The summed E-state index contributed by atoms with van der Waals surface area (Å²) in [5.74, 6) is 1.71. The molecule has 0 fully saturated rings. The monoisotopic (exact) mass is 299 g/mol. The van der Waals surface area contributed by atoms with Crippen molar-refractivity contribution < 1.29 is 4.74 Å². The van der Waals surface area contributed by atoms with E-state index in [1.165, 1.54) is 4.88 Å². The fourth-order valence-corrected chi connectivity index (χ4v) is 3.09. The molecule has 0 bridgehead atoms. The van der Waals surface area contributed by atoms with Crippen molar-refractivity contribution in [3.05, 3.63) is 46.5 Å². The number of fused-ring (bicyclic) bond motifs is 1. The molecule has 1 unspecified atom stereocenters. The third-order valence-electron chi connectivity index (χ3n) is 3.35. The highest BCUT2D eigenvalue weighted by molar-refractivity contribution is 7.11. The van der Waals surface area contributed by atoms with Crippen LogP contribution in [0.3, 0.4) is 0 Å². The Morgan fingerprint density at radius 1 is 1.19 bits per heavy atom. The second kappa shape index (κ2) is 5.69. The first-order chi connectivity index (χ1) is 10.2. The number of aryl methyl sites for hydroxylation is 1. The van der Waals surface area contributed by atoms with E-state index in [1.54, 1.807) is 24.6 Å². The number of rotatable bonds is 4. The Kier molecular flexibility index (Phi) is 3.75. The van der Waals surface area contributed by atoms with E-state index in [0.29, 0.717) is 0 Å². The summed E-state index contributed by atoms with van der Waals surface area (Å²) in [4.78, 5) is 10.1. The van der Waals surface area contributed by atoms with Crippen LogP contribution in [-0.4, -0.2) is 17.1 Å². The predicted octanol–water partition coefficient (Wildman–Crippen LogP) is 4.18. The second-order valence-corrected chi connectivity index (χ2v) is 6.16. The van der Waals surface area contributed by atoms with E-state index in [1.807, 2.05) is 30.5 Å². The molecule has 0 aliphatic heterocycles. The van der Waals surface area contributed by atoms with E-state index < -0.39 is 0 Å². The molecule has 5 heteroatoms. The quantitative estimate of drug-likeness (QED) is 0.785. The van der Waals surface area contributed by atoms with E-state index in [0.717, 1.165) is 27.3 Å². The predicted molar refractivity (Wildman–Crippen MR) is 87.2 cm³/mol. The molecule has 0 aliphatic carbocycles. The summed E-state index contributed by atoms with van der Waals surface area (Å²) in [5, 5.41) is 6.62. The minimum Gasteiger partial charge on any atom is -0.496 e. The van der Waals surface area contributed by atoms with Gasteiger partial charge in [-0.1, -0.05) is 12.1 Å². The van der Waals surface area contributed by atoms with Crippen molar-refractivity contribution in [3.63, 3.8) is 0 Å². The maximum absolute atomic E-state index is 5.41. The lowest BCUT2D eigenvalue weighted by Crippen LogP contribution is -2.07. The molecule has 3 rings (SSSR count). The average Bonchev–Trinajstić information content (AvgIpc) is 2.93. The molecule has 1 N–H and O–H groups in total. The van der Waals surface area contributed by atoms with Crippen LogP contribution in [0.2, 0.25) is 0 Å². The lowest BCUT2D eigenvalue weighted by Gasteiger charge is -2.14. The maximum Gasteiger partial charge on any atom is 0.134 e. The number of nitrogens with one attached hydrogen (secondary N) is 1. The van der Waals surface area contributed by atoms with Crippen LogP contribution in [0.4, 0.5) is 5.82 Å². The van der Waals surface area contributed by atoms with Crippen molar-refractivity contribution in [2.24, 2.45) is 0 Å². The summed E-state index contributed by atoms with van der Waals surface area (Å²) in [6.07, 6.45) is 3.70. The Labute approximate surface area is 127 Å². The van der Waals surface area contributed by atoms with Crippen LogP contribution < -0.4 is 10.1 Å². The van der Waals surface area contributed by atoms with E-state index in [2.05, 4.69) is 29.1 Å². The molecule has 1 atom stereocenters. The number of aromatic nitrogens is 2. The van der Waals surface area contributed by atoms with E-state index in [9.17, 15) is 0 Å². The molecule has 2 aromatic heterocycles. The van der Waals surface area contributed by atoms with Crippen molar-refractivity contribution in [1.82, 2.24) is 9.97 Å². The molecule has 3 aromatic rings. The number of methoxy groups -OCH3 is 1. The molecule has 0 spiro atoms. The van der Waals surface area contributed by atoms with Gasteiger partial charge in [0.2, 0.25) is 0 Å². The Morgan fingerprint density at radius 3 is 2.76 bits per heavy atom. The first kappa shape index (κ1) is 13.8. The lowest BCUT2D eigenvalue weighted by atomic mass is 10.1. The standard InChI is InChI=1S/C16H17N3OS/c1-10-9-18-16(21-10)11(2)19-15-13-5-4-6-14(20-3)12(13)7-8-17-15/h4-9,11H,1-3H3,(H,17,19). The average molecular weight is 299 g/mol. The van der Waals surface area contributed by atoms with Crippen LogP contribution in [0.25, 0.3) is 10.8 Å². The van der Waals surface area contributed by atoms with Crippen LogP contribution in [0.5, 0.6) is 5.75 Å². The second-order valence-electron chi connectivity index (χ2n) is 4.89. The molecule has 1 aromatic carbocycles. The molecule has 21 heavy (non-hydrogen) atoms. The molecule has 2 heterocycles. The van der Waals surface area contributed by atoms with Gasteiger partial charge in [-0.25, -0.2) is 9.97 Å². The van der Waals surface area contributed by atoms with Gasteiger partial charge in [-0.05, 0) is 26.0 Å². The van der Waals surface area contributed by atoms with Gasteiger partial charge in [0.15, 0.2) is 0 Å². The van der Waals surface area contributed by atoms with Crippen LogP contribution in [0.1, 0.15) is 22.9 Å². The van der Waals surface area contributed by atoms with Crippen molar-refractivity contribution >= 4 is 27.9 Å². The van der Waals surface area contributed by atoms with Crippen LogP contribution in [0.15, 0.2) is 36.7 Å². The Morgan fingerprint density at radius 2 is 2.05 bits per heavy atom. The molecule has 108 valence electrons. The van der Waals surface area contributed by atoms with Gasteiger partial charge in [-0.2, -0.15) is 0 Å². The number of hydrogen-bond acceptors (Lipinski definition) is 5. The summed E-state index contributed by atoms with van der Waals surface area (Å²) < 4.78 is 5.41. The topological polar surface area (TPSA) is 47.0 Å². The van der Waals surface area contributed by atoms with Gasteiger partial charge < -0.3 is 10.1 Å². The first-order valence-electron chi connectivity index (χ1n) is 6.79. The number of ether oxygens (including phenoxy) is 1. The van der Waals surface area contributed by atoms with Gasteiger partial charge >= 0.3 is 0 Å². The molecule has 0 aliphatic rings. The van der Waals surface area contributed by atoms with Crippen molar-refractivity contribution in [2.45, 2.75) is 19.9 Å². The minimum atomic E-state index is 0.119. The molecule has 0 radical (unpaired) electrons. The molecular formula is C16H17N3OS. The number of anilines is 1. The van der Waals surface area contributed by atoms with Crippen molar-refractivity contribution in [2.75, 3.05) is 12.4 Å². The minimum absolute atomic E-state index is 0.119. The maximum atomic E-state index is 5.41. The Balaban J connectivity index is 1.97. The van der Waals surface area contributed by atoms with Gasteiger partial charge in [0, 0.05) is 28.0 Å². The number of benzene rings is 1. The number of nitrogens with zero attached hydrogens (tertiary/aromatic N) is 2. The van der Waals surface area contributed by atoms with Crippen LogP contribution in [-0.2, 0) is 0 Å². The SMILES string of the molecule is COc1cccc2c(NC(C)c3ncc(C)s3)nccc12. The number of pyridine rings is 1. The summed E-state index contributed by atoms with van der Waals surface area (Å²) in [6.45, 7) is 4.16. The molecule has 0 amide bonds. The highest BCUT2D eigenvalue weighted by atomic mass is 32.1. The lowest BCUT2D eigenvalue weighted by molar-refractivity contribution is 0.420. The number of thiazole rings is 1. The van der Waals surface area contributed by atoms with Gasteiger partial charge in [-0.3, -0.25) is 0 Å².